The van der Waals surface area contributed by atoms with Crippen molar-refractivity contribution in [3.05, 3.63) is 69.9 Å². The number of rotatable bonds is 3. The lowest BCUT2D eigenvalue weighted by Gasteiger charge is -2.10. The summed E-state index contributed by atoms with van der Waals surface area (Å²) in [4.78, 5) is 30.6. The topological polar surface area (TPSA) is 98.0 Å². The molecule has 0 atom stereocenters. The van der Waals surface area contributed by atoms with Crippen molar-refractivity contribution in [3.8, 4) is 0 Å². The molecule has 0 bridgehead atoms. The standard InChI is InChI=1S/C16H11FN4O3/c1-9-4-15(20-16(22)10-5-11(17)8-18-7-10)13-6-12(21(23)24)2-3-14(13)19-9/h2-8H,1H3,(H,19,20,22). The first kappa shape index (κ1) is 15.5. The molecule has 24 heavy (non-hydrogen) atoms. The van der Waals surface area contributed by atoms with E-state index in [0.717, 1.165) is 12.3 Å². The number of nitrogens with zero attached hydrogens (tertiary/aromatic N) is 3. The molecule has 7 nitrogen and oxygen atoms in total. The number of aromatic nitrogens is 2. The summed E-state index contributed by atoms with van der Waals surface area (Å²) in [6, 6.07) is 6.84. The number of nitro benzene ring substituents is 1. The van der Waals surface area contributed by atoms with Crippen LogP contribution in [0.2, 0.25) is 0 Å². The Kier molecular flexibility index (Phi) is 3.87. The van der Waals surface area contributed by atoms with Crippen molar-refractivity contribution in [2.75, 3.05) is 5.32 Å². The van der Waals surface area contributed by atoms with Crippen molar-refractivity contribution in [3.63, 3.8) is 0 Å². The quantitative estimate of drug-likeness (QED) is 0.588. The van der Waals surface area contributed by atoms with E-state index in [4.69, 9.17) is 0 Å². The fourth-order valence-electron chi connectivity index (χ4n) is 2.29. The predicted molar refractivity (Wildman–Crippen MR) is 85.3 cm³/mol. The van der Waals surface area contributed by atoms with E-state index in [-0.39, 0.29) is 11.3 Å². The van der Waals surface area contributed by atoms with Crippen LogP contribution in [0.5, 0.6) is 0 Å². The maximum Gasteiger partial charge on any atom is 0.270 e. The van der Waals surface area contributed by atoms with E-state index in [1.54, 1.807) is 13.0 Å². The number of aryl methyl sites for hydroxylation is 1. The average molecular weight is 326 g/mol. The highest BCUT2D eigenvalue weighted by atomic mass is 19.1. The van der Waals surface area contributed by atoms with Gasteiger partial charge < -0.3 is 5.32 Å². The lowest BCUT2D eigenvalue weighted by Crippen LogP contribution is -2.13. The molecule has 0 radical (unpaired) electrons. The number of amides is 1. The second kappa shape index (κ2) is 5.99. The highest BCUT2D eigenvalue weighted by Crippen LogP contribution is 2.27. The van der Waals surface area contributed by atoms with E-state index < -0.39 is 16.6 Å². The van der Waals surface area contributed by atoms with Crippen LogP contribution in [0.15, 0.2) is 42.7 Å². The minimum atomic E-state index is -0.631. The van der Waals surface area contributed by atoms with Crippen LogP contribution in [0.3, 0.4) is 0 Å². The van der Waals surface area contributed by atoms with Crippen LogP contribution in [-0.4, -0.2) is 20.8 Å². The molecule has 0 aliphatic heterocycles. The Morgan fingerprint density at radius 2 is 2.04 bits per heavy atom. The van der Waals surface area contributed by atoms with Gasteiger partial charge in [0.05, 0.1) is 27.9 Å². The first-order valence-corrected chi connectivity index (χ1v) is 6.92. The van der Waals surface area contributed by atoms with Gasteiger partial charge in [-0.3, -0.25) is 24.9 Å². The molecule has 2 aromatic heterocycles. The number of hydrogen-bond acceptors (Lipinski definition) is 5. The minimum absolute atomic E-state index is 0.0445. The fourth-order valence-corrected chi connectivity index (χ4v) is 2.29. The molecule has 120 valence electrons. The summed E-state index contributed by atoms with van der Waals surface area (Å²) in [7, 11) is 0. The smallest absolute Gasteiger partial charge is 0.270 e. The Hall–Kier alpha value is -3.42. The van der Waals surface area contributed by atoms with E-state index >= 15 is 0 Å². The van der Waals surface area contributed by atoms with E-state index in [2.05, 4.69) is 15.3 Å². The third-order valence-electron chi connectivity index (χ3n) is 3.35. The second-order valence-electron chi connectivity index (χ2n) is 5.12. The maximum absolute atomic E-state index is 13.2. The van der Waals surface area contributed by atoms with Crippen LogP contribution >= 0.6 is 0 Å². The third-order valence-corrected chi connectivity index (χ3v) is 3.35. The van der Waals surface area contributed by atoms with Crippen molar-refractivity contribution in [1.82, 2.24) is 9.97 Å². The Morgan fingerprint density at radius 1 is 1.25 bits per heavy atom. The molecule has 1 aromatic carbocycles. The Bertz CT molecular complexity index is 975. The van der Waals surface area contributed by atoms with E-state index in [9.17, 15) is 19.3 Å². The van der Waals surface area contributed by atoms with Crippen LogP contribution in [0.1, 0.15) is 16.1 Å². The maximum atomic E-state index is 13.2. The van der Waals surface area contributed by atoms with Crippen molar-refractivity contribution in [2.45, 2.75) is 6.92 Å². The van der Waals surface area contributed by atoms with Gasteiger partial charge in [-0.1, -0.05) is 0 Å². The number of nitro groups is 1. The Balaban J connectivity index is 2.06. The number of fused-ring (bicyclic) bond motifs is 1. The summed E-state index contributed by atoms with van der Waals surface area (Å²) >= 11 is 0. The number of pyridine rings is 2. The number of carbonyl (C=O) groups is 1. The number of non-ortho nitro benzene ring substituents is 1. The van der Waals surface area contributed by atoms with Gasteiger partial charge in [0.15, 0.2) is 0 Å². The van der Waals surface area contributed by atoms with Crippen molar-refractivity contribution >= 4 is 28.2 Å². The lowest BCUT2D eigenvalue weighted by atomic mass is 10.1. The van der Waals surface area contributed by atoms with Gasteiger partial charge in [0, 0.05) is 29.4 Å². The number of hydrogen-bond donors (Lipinski definition) is 1. The average Bonchev–Trinajstić information content (AvgIpc) is 2.54. The number of halogens is 1. The van der Waals surface area contributed by atoms with Gasteiger partial charge in [0.25, 0.3) is 11.6 Å². The SMILES string of the molecule is Cc1cc(NC(=O)c2cncc(F)c2)c2cc([N+](=O)[O-])ccc2n1. The molecular weight excluding hydrogens is 315 g/mol. The van der Waals surface area contributed by atoms with Gasteiger partial charge >= 0.3 is 0 Å². The number of nitrogens with one attached hydrogen (secondary N) is 1. The highest BCUT2D eigenvalue weighted by Gasteiger charge is 2.14. The molecule has 0 aliphatic carbocycles. The van der Waals surface area contributed by atoms with E-state index in [1.165, 1.54) is 24.4 Å². The molecule has 3 aromatic rings. The second-order valence-corrected chi connectivity index (χ2v) is 5.12. The normalized spacial score (nSPS) is 10.6. The predicted octanol–water partition coefficient (Wildman–Crippen LogP) is 3.24. The summed E-state index contributed by atoms with van der Waals surface area (Å²) in [5.41, 5.74) is 1.42. The van der Waals surface area contributed by atoms with E-state index in [0.29, 0.717) is 22.3 Å². The third kappa shape index (κ3) is 3.02. The van der Waals surface area contributed by atoms with Crippen LogP contribution in [-0.2, 0) is 0 Å². The van der Waals surface area contributed by atoms with Crippen LogP contribution in [0, 0.1) is 22.9 Å². The van der Waals surface area contributed by atoms with Crippen LogP contribution < -0.4 is 5.32 Å². The van der Waals surface area contributed by atoms with Gasteiger partial charge in [-0.25, -0.2) is 4.39 Å². The number of benzene rings is 1. The molecular formula is C16H11FN4O3. The van der Waals surface area contributed by atoms with Crippen molar-refractivity contribution in [2.24, 2.45) is 0 Å². The number of carbonyl (C=O) groups excluding carboxylic acids is 1. The zero-order valence-electron chi connectivity index (χ0n) is 12.5. The Morgan fingerprint density at radius 3 is 2.75 bits per heavy atom. The van der Waals surface area contributed by atoms with Crippen LogP contribution in [0.4, 0.5) is 15.8 Å². The summed E-state index contributed by atoms with van der Waals surface area (Å²) in [6.45, 7) is 1.74. The molecule has 1 amide bonds. The summed E-state index contributed by atoms with van der Waals surface area (Å²) in [6.07, 6.45) is 2.23. The molecule has 8 heteroatoms. The number of anilines is 1. The largest absolute Gasteiger partial charge is 0.321 e. The molecule has 0 aliphatic rings. The molecule has 0 spiro atoms. The van der Waals surface area contributed by atoms with Gasteiger partial charge in [-0.05, 0) is 25.1 Å². The molecule has 1 N–H and O–H groups in total. The van der Waals surface area contributed by atoms with Gasteiger partial charge in [0.1, 0.15) is 5.82 Å². The zero-order chi connectivity index (χ0) is 17.3. The van der Waals surface area contributed by atoms with Gasteiger partial charge in [0.2, 0.25) is 0 Å². The molecule has 0 fully saturated rings. The van der Waals surface area contributed by atoms with Crippen LogP contribution in [0.25, 0.3) is 10.9 Å². The molecule has 0 saturated heterocycles. The zero-order valence-corrected chi connectivity index (χ0v) is 12.5. The van der Waals surface area contributed by atoms with E-state index in [1.807, 2.05) is 0 Å². The Labute approximate surface area is 135 Å². The molecule has 0 saturated carbocycles. The minimum Gasteiger partial charge on any atom is -0.321 e. The fraction of sp³-hybridized carbons (Fsp3) is 0.0625. The summed E-state index contributed by atoms with van der Waals surface area (Å²) < 4.78 is 13.2. The lowest BCUT2D eigenvalue weighted by molar-refractivity contribution is -0.384. The van der Waals surface area contributed by atoms with Crippen molar-refractivity contribution in [1.29, 1.82) is 0 Å². The molecule has 0 unspecified atom stereocenters. The molecule has 2 heterocycles. The van der Waals surface area contributed by atoms with Gasteiger partial charge in [-0.15, -0.1) is 0 Å². The summed E-state index contributed by atoms with van der Waals surface area (Å²) in [5, 5.41) is 14.0. The van der Waals surface area contributed by atoms with Gasteiger partial charge in [-0.2, -0.15) is 0 Å². The van der Waals surface area contributed by atoms with Crippen molar-refractivity contribution < 1.29 is 14.1 Å². The molecule has 3 rings (SSSR count). The first-order chi connectivity index (χ1) is 11.4. The first-order valence-electron chi connectivity index (χ1n) is 6.92. The monoisotopic (exact) mass is 326 g/mol. The highest BCUT2D eigenvalue weighted by molar-refractivity contribution is 6.08. The summed E-state index contributed by atoms with van der Waals surface area (Å²) in [5.74, 6) is -1.20.